The lowest BCUT2D eigenvalue weighted by atomic mass is 9.95. The number of hydrogen-bond acceptors (Lipinski definition) is 5. The fraction of sp³-hybridized carbons (Fsp3) is 0.455. The monoisotopic (exact) mass is 367 g/mol. The molecule has 1 saturated heterocycles. The molecule has 0 radical (unpaired) electrons. The number of methoxy groups -OCH3 is 1. The second kappa shape index (κ2) is 8.19. The fourth-order valence-corrected chi connectivity index (χ4v) is 4.12. The summed E-state index contributed by atoms with van der Waals surface area (Å²) in [6, 6.07) is 14.6. The van der Waals surface area contributed by atoms with Crippen molar-refractivity contribution in [2.75, 3.05) is 57.1 Å². The molecule has 0 amide bonds. The maximum atomic E-state index is 6.06. The van der Waals surface area contributed by atoms with Gasteiger partial charge in [-0.25, -0.2) is 0 Å². The summed E-state index contributed by atoms with van der Waals surface area (Å²) in [6.07, 6.45) is 2.21. The Morgan fingerprint density at radius 1 is 1.07 bits per heavy atom. The number of ether oxygens (including phenoxy) is 2. The van der Waals surface area contributed by atoms with Crippen LogP contribution in [0, 0.1) is 0 Å². The number of nitrogens with zero attached hydrogens (tertiary/aromatic N) is 2. The normalized spacial score (nSPS) is 20.3. The zero-order valence-electron chi connectivity index (χ0n) is 16.1. The van der Waals surface area contributed by atoms with Crippen molar-refractivity contribution in [2.45, 2.75) is 18.9 Å². The average molecular weight is 367 g/mol. The molecule has 1 unspecified atom stereocenters. The van der Waals surface area contributed by atoms with Gasteiger partial charge in [-0.3, -0.25) is 4.90 Å². The second-order valence-corrected chi connectivity index (χ2v) is 7.38. The minimum Gasteiger partial charge on any atom is -0.497 e. The number of piperazine rings is 1. The van der Waals surface area contributed by atoms with Crippen LogP contribution in [0.4, 0.5) is 11.4 Å². The van der Waals surface area contributed by atoms with Gasteiger partial charge in [0.05, 0.1) is 19.8 Å². The first-order valence-electron chi connectivity index (χ1n) is 9.84. The molecule has 144 valence electrons. The van der Waals surface area contributed by atoms with E-state index in [0.29, 0.717) is 0 Å². The quantitative estimate of drug-likeness (QED) is 0.823. The first-order valence-corrected chi connectivity index (χ1v) is 9.84. The summed E-state index contributed by atoms with van der Waals surface area (Å²) in [5, 5.41) is 0. The topological polar surface area (TPSA) is 51.0 Å². The number of nitrogen functional groups attached to an aromatic ring is 1. The molecule has 2 heterocycles. The average Bonchev–Trinajstić information content (AvgIpc) is 2.72. The van der Waals surface area contributed by atoms with Crippen LogP contribution in [0.3, 0.4) is 0 Å². The lowest BCUT2D eigenvalue weighted by molar-refractivity contribution is 0.0289. The highest BCUT2D eigenvalue weighted by Gasteiger charge is 2.23. The Labute approximate surface area is 161 Å². The highest BCUT2D eigenvalue weighted by Crippen LogP contribution is 2.31. The van der Waals surface area contributed by atoms with Crippen molar-refractivity contribution in [1.82, 2.24) is 4.90 Å². The van der Waals surface area contributed by atoms with E-state index in [2.05, 4.69) is 34.1 Å². The van der Waals surface area contributed by atoms with Crippen LogP contribution in [0.5, 0.6) is 5.75 Å². The molecule has 1 fully saturated rings. The molecule has 2 aromatic rings. The van der Waals surface area contributed by atoms with Crippen molar-refractivity contribution in [2.24, 2.45) is 0 Å². The Morgan fingerprint density at radius 2 is 1.85 bits per heavy atom. The summed E-state index contributed by atoms with van der Waals surface area (Å²) in [5.41, 5.74) is 10.7. The van der Waals surface area contributed by atoms with Crippen LogP contribution < -0.4 is 15.4 Å². The second-order valence-electron chi connectivity index (χ2n) is 7.38. The van der Waals surface area contributed by atoms with E-state index in [1.54, 1.807) is 7.11 Å². The summed E-state index contributed by atoms with van der Waals surface area (Å²) < 4.78 is 11.3. The van der Waals surface area contributed by atoms with E-state index in [1.165, 1.54) is 16.8 Å². The molecule has 1 atom stereocenters. The van der Waals surface area contributed by atoms with Gasteiger partial charge in [0, 0.05) is 44.1 Å². The van der Waals surface area contributed by atoms with Crippen LogP contribution in [0.25, 0.3) is 0 Å². The van der Waals surface area contributed by atoms with Crippen molar-refractivity contribution in [3.63, 3.8) is 0 Å². The third kappa shape index (κ3) is 4.20. The van der Waals surface area contributed by atoms with Gasteiger partial charge in [-0.15, -0.1) is 0 Å². The molecule has 2 N–H and O–H groups in total. The number of nitrogens with two attached hydrogens (primary N) is 1. The van der Waals surface area contributed by atoms with E-state index in [-0.39, 0.29) is 6.10 Å². The van der Waals surface area contributed by atoms with Crippen LogP contribution in [0.1, 0.15) is 23.7 Å². The molecular formula is C22H29N3O2. The number of hydrogen-bond donors (Lipinski definition) is 1. The fourth-order valence-electron chi connectivity index (χ4n) is 4.12. The van der Waals surface area contributed by atoms with Crippen molar-refractivity contribution in [1.29, 1.82) is 0 Å². The minimum absolute atomic E-state index is 0.203. The van der Waals surface area contributed by atoms with Crippen LogP contribution in [-0.4, -0.2) is 51.3 Å². The highest BCUT2D eigenvalue weighted by molar-refractivity contribution is 5.49. The van der Waals surface area contributed by atoms with Gasteiger partial charge in [0.2, 0.25) is 0 Å². The van der Waals surface area contributed by atoms with Crippen LogP contribution in [-0.2, 0) is 11.2 Å². The lowest BCUT2D eigenvalue weighted by Crippen LogP contribution is -2.46. The van der Waals surface area contributed by atoms with Gasteiger partial charge in [-0.2, -0.15) is 0 Å². The summed E-state index contributed by atoms with van der Waals surface area (Å²) >= 11 is 0. The minimum atomic E-state index is 0.203. The Bertz CT molecular complexity index is 755. The molecule has 0 aromatic heterocycles. The molecule has 0 spiro atoms. The summed E-state index contributed by atoms with van der Waals surface area (Å²) in [6.45, 7) is 6.17. The number of fused-ring (bicyclic) bond motifs is 1. The molecule has 0 bridgehead atoms. The maximum absolute atomic E-state index is 6.06. The van der Waals surface area contributed by atoms with E-state index in [9.17, 15) is 0 Å². The smallest absolute Gasteiger partial charge is 0.119 e. The van der Waals surface area contributed by atoms with Gasteiger partial charge in [-0.05, 0) is 60.4 Å². The summed E-state index contributed by atoms with van der Waals surface area (Å²) in [5.74, 6) is 0.909. The van der Waals surface area contributed by atoms with Gasteiger partial charge in [0.15, 0.2) is 0 Å². The molecule has 2 aliphatic heterocycles. The molecule has 5 heteroatoms. The van der Waals surface area contributed by atoms with Crippen molar-refractivity contribution >= 4 is 11.4 Å². The van der Waals surface area contributed by atoms with Crippen molar-refractivity contribution < 1.29 is 9.47 Å². The largest absolute Gasteiger partial charge is 0.497 e. The summed E-state index contributed by atoms with van der Waals surface area (Å²) in [4.78, 5) is 5.00. The first-order chi connectivity index (χ1) is 13.2. The number of rotatable bonds is 5. The van der Waals surface area contributed by atoms with Gasteiger partial charge in [0.1, 0.15) is 5.75 Å². The highest BCUT2D eigenvalue weighted by atomic mass is 16.5. The molecule has 27 heavy (non-hydrogen) atoms. The Hall–Kier alpha value is -2.24. The molecule has 2 aliphatic rings. The van der Waals surface area contributed by atoms with E-state index in [0.717, 1.165) is 63.6 Å². The van der Waals surface area contributed by atoms with E-state index < -0.39 is 0 Å². The van der Waals surface area contributed by atoms with E-state index in [1.807, 2.05) is 18.2 Å². The van der Waals surface area contributed by atoms with E-state index >= 15 is 0 Å². The molecule has 4 rings (SSSR count). The van der Waals surface area contributed by atoms with Gasteiger partial charge >= 0.3 is 0 Å². The SMILES string of the molecule is COc1ccc(N2CCN(CCC3OCCc4cc(N)ccc43)CC2)cc1. The van der Waals surface area contributed by atoms with Gasteiger partial charge in [-0.1, -0.05) is 6.07 Å². The Balaban J connectivity index is 1.29. The summed E-state index contributed by atoms with van der Waals surface area (Å²) in [7, 11) is 1.71. The van der Waals surface area contributed by atoms with E-state index in [4.69, 9.17) is 15.2 Å². The molecule has 2 aromatic carbocycles. The first kappa shape index (κ1) is 18.1. The van der Waals surface area contributed by atoms with Crippen LogP contribution in [0.15, 0.2) is 42.5 Å². The molecular weight excluding hydrogens is 338 g/mol. The van der Waals surface area contributed by atoms with Gasteiger partial charge in [0.25, 0.3) is 0 Å². The standard InChI is InChI=1S/C22H29N3O2/c1-26-20-5-3-19(4-6-20)25-13-11-24(12-14-25)10-8-22-21-7-2-18(23)16-17(21)9-15-27-22/h2-7,16,22H,8-15,23H2,1H3. The lowest BCUT2D eigenvalue weighted by Gasteiger charge is -2.37. The number of benzene rings is 2. The van der Waals surface area contributed by atoms with Crippen molar-refractivity contribution in [3.05, 3.63) is 53.6 Å². The van der Waals surface area contributed by atoms with Gasteiger partial charge < -0.3 is 20.1 Å². The van der Waals surface area contributed by atoms with Crippen LogP contribution >= 0.6 is 0 Å². The maximum Gasteiger partial charge on any atom is 0.119 e. The van der Waals surface area contributed by atoms with Crippen LogP contribution in [0.2, 0.25) is 0 Å². The molecule has 5 nitrogen and oxygen atoms in total. The predicted octanol–water partition coefficient (Wildman–Crippen LogP) is 3.10. The Kier molecular flexibility index (Phi) is 5.50. The third-order valence-corrected chi connectivity index (χ3v) is 5.72. The zero-order chi connectivity index (χ0) is 18.6. The molecule has 0 aliphatic carbocycles. The Morgan fingerprint density at radius 3 is 2.59 bits per heavy atom. The zero-order valence-corrected chi connectivity index (χ0v) is 16.1. The third-order valence-electron chi connectivity index (χ3n) is 5.72. The predicted molar refractivity (Wildman–Crippen MR) is 110 cm³/mol. The number of anilines is 2. The molecule has 0 saturated carbocycles. The van der Waals surface area contributed by atoms with Crippen molar-refractivity contribution in [3.8, 4) is 5.75 Å².